The molecular weight excluding hydrogens is 259 g/mol. The highest BCUT2D eigenvalue weighted by molar-refractivity contribution is 5.33. The Kier molecular flexibility index (Phi) is 3.71. The Hall–Kier alpha value is -1.85. The average molecular weight is 276 g/mol. The van der Waals surface area contributed by atoms with Crippen molar-refractivity contribution >= 4 is 0 Å². The highest BCUT2D eigenvalue weighted by Crippen LogP contribution is 2.31. The van der Waals surface area contributed by atoms with Gasteiger partial charge in [-0.2, -0.15) is 0 Å². The number of phenols is 1. The van der Waals surface area contributed by atoms with Crippen LogP contribution < -0.4 is 5.32 Å². The number of nitrogens with one attached hydrogen (secondary N) is 1. The molecule has 0 saturated carbocycles. The molecule has 2 N–H and O–H groups in total. The Labute approximate surface area is 116 Å². The first-order chi connectivity index (χ1) is 9.75. The summed E-state index contributed by atoms with van der Waals surface area (Å²) < 4.78 is 19.2. The molecule has 0 unspecified atom stereocenters. The summed E-state index contributed by atoms with van der Waals surface area (Å²) in [6.45, 7) is 3.54. The number of piperazine rings is 1. The van der Waals surface area contributed by atoms with Gasteiger partial charge in [-0.1, -0.05) is 6.07 Å². The van der Waals surface area contributed by atoms with Crippen LogP contribution in [0.5, 0.6) is 5.75 Å². The molecule has 1 atom stereocenters. The number of benzene rings is 1. The average Bonchev–Trinajstić information content (AvgIpc) is 2.98. The molecule has 1 aromatic carbocycles. The Morgan fingerprint density at radius 2 is 2.05 bits per heavy atom. The van der Waals surface area contributed by atoms with E-state index in [0.29, 0.717) is 0 Å². The van der Waals surface area contributed by atoms with Crippen LogP contribution in [-0.4, -0.2) is 36.2 Å². The molecule has 2 heterocycles. The number of halogens is 1. The van der Waals surface area contributed by atoms with Crippen LogP contribution in [0.3, 0.4) is 0 Å². The van der Waals surface area contributed by atoms with Gasteiger partial charge in [0, 0.05) is 26.2 Å². The predicted octanol–water partition coefficient (Wildman–Crippen LogP) is 2.12. The quantitative estimate of drug-likeness (QED) is 0.901. The van der Waals surface area contributed by atoms with E-state index >= 15 is 0 Å². The minimum atomic E-state index is -0.603. The van der Waals surface area contributed by atoms with E-state index in [1.165, 1.54) is 12.1 Å². The molecule has 0 radical (unpaired) electrons. The molecule has 0 bridgehead atoms. The number of hydrogen-bond acceptors (Lipinski definition) is 4. The van der Waals surface area contributed by atoms with Gasteiger partial charge < -0.3 is 14.8 Å². The van der Waals surface area contributed by atoms with Crippen molar-refractivity contribution in [1.82, 2.24) is 10.2 Å². The zero-order valence-electron chi connectivity index (χ0n) is 11.1. The Morgan fingerprint density at radius 1 is 1.25 bits per heavy atom. The van der Waals surface area contributed by atoms with Gasteiger partial charge in [-0.05, 0) is 29.8 Å². The predicted molar refractivity (Wildman–Crippen MR) is 73.1 cm³/mol. The summed E-state index contributed by atoms with van der Waals surface area (Å²) in [6, 6.07) is 8.13. The van der Waals surface area contributed by atoms with Crippen LogP contribution in [0.2, 0.25) is 0 Å². The third-order valence-corrected chi connectivity index (χ3v) is 3.62. The molecule has 20 heavy (non-hydrogen) atoms. The van der Waals surface area contributed by atoms with Crippen LogP contribution in [0.15, 0.2) is 41.0 Å². The summed E-state index contributed by atoms with van der Waals surface area (Å²) in [5, 5.41) is 12.6. The van der Waals surface area contributed by atoms with E-state index < -0.39 is 5.82 Å². The van der Waals surface area contributed by atoms with E-state index in [-0.39, 0.29) is 11.8 Å². The highest BCUT2D eigenvalue weighted by Gasteiger charge is 2.26. The van der Waals surface area contributed by atoms with Crippen molar-refractivity contribution in [1.29, 1.82) is 0 Å². The van der Waals surface area contributed by atoms with Crippen molar-refractivity contribution in [3.05, 3.63) is 53.7 Å². The summed E-state index contributed by atoms with van der Waals surface area (Å²) >= 11 is 0. The fourth-order valence-corrected chi connectivity index (χ4v) is 2.64. The van der Waals surface area contributed by atoms with Crippen molar-refractivity contribution in [3.8, 4) is 5.75 Å². The molecule has 0 amide bonds. The van der Waals surface area contributed by atoms with Crippen LogP contribution in [0.4, 0.5) is 4.39 Å². The molecule has 1 aromatic heterocycles. The number of phenolic OH excluding ortho intramolecular Hbond substituents is 1. The topological polar surface area (TPSA) is 48.6 Å². The first kappa shape index (κ1) is 13.1. The van der Waals surface area contributed by atoms with E-state index in [1.54, 1.807) is 12.3 Å². The molecule has 4 nitrogen and oxygen atoms in total. The van der Waals surface area contributed by atoms with E-state index in [4.69, 9.17) is 4.42 Å². The van der Waals surface area contributed by atoms with Gasteiger partial charge in [0.1, 0.15) is 5.76 Å². The third kappa shape index (κ3) is 2.55. The summed E-state index contributed by atoms with van der Waals surface area (Å²) in [5.41, 5.74) is 0.789. The Balaban J connectivity index is 1.98. The largest absolute Gasteiger partial charge is 0.505 e. The first-order valence-electron chi connectivity index (χ1n) is 6.72. The van der Waals surface area contributed by atoms with Crippen molar-refractivity contribution in [2.24, 2.45) is 0 Å². The van der Waals surface area contributed by atoms with Gasteiger partial charge in [0.15, 0.2) is 11.6 Å². The molecule has 1 saturated heterocycles. The number of hydrogen-bond donors (Lipinski definition) is 2. The van der Waals surface area contributed by atoms with Crippen molar-refractivity contribution in [2.45, 2.75) is 6.04 Å². The Bertz CT molecular complexity index is 565. The number of nitrogens with zero attached hydrogens (tertiary/aromatic N) is 1. The molecule has 0 spiro atoms. The van der Waals surface area contributed by atoms with Crippen LogP contribution in [-0.2, 0) is 0 Å². The normalized spacial score (nSPS) is 18.1. The number of rotatable bonds is 3. The fraction of sp³-hybridized carbons (Fsp3) is 0.333. The third-order valence-electron chi connectivity index (χ3n) is 3.62. The van der Waals surface area contributed by atoms with Gasteiger partial charge in [0.05, 0.1) is 12.3 Å². The first-order valence-corrected chi connectivity index (χ1v) is 6.72. The molecule has 2 aromatic rings. The summed E-state index contributed by atoms with van der Waals surface area (Å²) in [7, 11) is 0. The summed E-state index contributed by atoms with van der Waals surface area (Å²) in [4.78, 5) is 2.25. The molecule has 5 heteroatoms. The van der Waals surface area contributed by atoms with Gasteiger partial charge in [-0.3, -0.25) is 4.90 Å². The van der Waals surface area contributed by atoms with Gasteiger partial charge in [0.25, 0.3) is 0 Å². The SMILES string of the molecule is Oc1ccc([C@H](c2ccco2)N2CCNCC2)cc1F. The lowest BCUT2D eigenvalue weighted by Gasteiger charge is -2.34. The molecule has 3 rings (SSSR count). The molecule has 1 aliphatic heterocycles. The van der Waals surface area contributed by atoms with Gasteiger partial charge in [-0.15, -0.1) is 0 Å². The molecule has 1 fully saturated rings. The second kappa shape index (κ2) is 5.64. The fourth-order valence-electron chi connectivity index (χ4n) is 2.64. The monoisotopic (exact) mass is 276 g/mol. The van der Waals surface area contributed by atoms with Gasteiger partial charge in [-0.25, -0.2) is 4.39 Å². The minimum absolute atomic E-state index is 0.123. The van der Waals surface area contributed by atoms with Crippen LogP contribution in [0.25, 0.3) is 0 Å². The number of furan rings is 1. The van der Waals surface area contributed by atoms with Crippen molar-refractivity contribution < 1.29 is 13.9 Å². The lowest BCUT2D eigenvalue weighted by atomic mass is 10.0. The minimum Gasteiger partial charge on any atom is -0.505 e. The zero-order chi connectivity index (χ0) is 13.9. The molecular formula is C15H17FN2O2. The lowest BCUT2D eigenvalue weighted by Crippen LogP contribution is -2.45. The molecule has 106 valence electrons. The van der Waals surface area contributed by atoms with E-state index in [9.17, 15) is 9.50 Å². The van der Waals surface area contributed by atoms with E-state index in [1.807, 2.05) is 12.1 Å². The van der Waals surface area contributed by atoms with Crippen LogP contribution >= 0.6 is 0 Å². The van der Waals surface area contributed by atoms with Crippen LogP contribution in [0.1, 0.15) is 17.4 Å². The van der Waals surface area contributed by atoms with Crippen molar-refractivity contribution in [3.63, 3.8) is 0 Å². The zero-order valence-corrected chi connectivity index (χ0v) is 11.1. The highest BCUT2D eigenvalue weighted by atomic mass is 19.1. The maximum absolute atomic E-state index is 13.6. The van der Waals surface area contributed by atoms with Crippen molar-refractivity contribution in [2.75, 3.05) is 26.2 Å². The molecule has 1 aliphatic rings. The van der Waals surface area contributed by atoms with E-state index in [2.05, 4.69) is 10.2 Å². The second-order valence-corrected chi connectivity index (χ2v) is 4.91. The molecule has 0 aliphatic carbocycles. The van der Waals surface area contributed by atoms with E-state index in [0.717, 1.165) is 37.5 Å². The van der Waals surface area contributed by atoms with Gasteiger partial charge in [0.2, 0.25) is 0 Å². The summed E-state index contributed by atoms with van der Waals surface area (Å²) in [6.07, 6.45) is 1.63. The number of aromatic hydroxyl groups is 1. The second-order valence-electron chi connectivity index (χ2n) is 4.91. The Morgan fingerprint density at radius 3 is 2.70 bits per heavy atom. The maximum atomic E-state index is 13.6. The maximum Gasteiger partial charge on any atom is 0.165 e. The smallest absolute Gasteiger partial charge is 0.165 e. The standard InChI is InChI=1S/C15H17FN2O2/c16-12-10-11(3-4-13(12)19)15(14-2-1-9-20-14)18-7-5-17-6-8-18/h1-4,9-10,15,17,19H,5-8H2/t15-/m1/s1. The lowest BCUT2D eigenvalue weighted by molar-refractivity contribution is 0.179. The summed E-state index contributed by atoms with van der Waals surface area (Å²) in [5.74, 6) is -0.140. The van der Waals surface area contributed by atoms with Gasteiger partial charge >= 0.3 is 0 Å². The van der Waals surface area contributed by atoms with Crippen LogP contribution in [0, 0.1) is 5.82 Å².